The van der Waals surface area contributed by atoms with E-state index >= 15 is 0 Å². The Kier molecular flexibility index (Phi) is 7.79. The molecule has 5 nitrogen and oxygen atoms in total. The lowest BCUT2D eigenvalue weighted by Crippen LogP contribution is -2.28. The maximum Gasteiger partial charge on any atom is 0.417 e. The summed E-state index contributed by atoms with van der Waals surface area (Å²) in [6.07, 6.45) is -3.33. The number of Topliss-reactive ketones (excluding diaryl/α,β-unsaturated/α-hetero) is 1. The highest BCUT2D eigenvalue weighted by Gasteiger charge is 2.34. The molecule has 9 heteroatoms. The van der Waals surface area contributed by atoms with Gasteiger partial charge < -0.3 is 9.30 Å². The van der Waals surface area contributed by atoms with E-state index in [4.69, 9.17) is 16.3 Å². The Morgan fingerprint density at radius 2 is 1.64 bits per heavy atom. The van der Waals surface area contributed by atoms with Gasteiger partial charge in [-0.3, -0.25) is 9.59 Å². The monoisotopic (exact) mass is 519 g/mol. The van der Waals surface area contributed by atoms with Gasteiger partial charge in [0, 0.05) is 23.7 Å². The van der Waals surface area contributed by atoms with Crippen molar-refractivity contribution in [3.05, 3.63) is 92.9 Å². The SMILES string of the molecule is CC(C(=O)Cc1ccc(C(=O)OC(C)(C)C)cc1)n1ccc(-c2cc(Cl)ccc2C(F)(F)F)cc1=O. The lowest BCUT2D eigenvalue weighted by atomic mass is 9.99. The predicted molar refractivity (Wildman–Crippen MR) is 131 cm³/mol. The molecule has 1 unspecified atom stereocenters. The molecule has 1 atom stereocenters. The number of nitrogens with zero attached hydrogens (tertiary/aromatic N) is 1. The Morgan fingerprint density at radius 3 is 2.19 bits per heavy atom. The average molecular weight is 520 g/mol. The number of pyridine rings is 1. The van der Waals surface area contributed by atoms with Crippen LogP contribution in [0.15, 0.2) is 65.6 Å². The third kappa shape index (κ3) is 6.63. The topological polar surface area (TPSA) is 65.4 Å². The molecular weight excluding hydrogens is 495 g/mol. The first-order chi connectivity index (χ1) is 16.7. The molecule has 0 radical (unpaired) electrons. The average Bonchev–Trinajstić information content (AvgIpc) is 2.77. The van der Waals surface area contributed by atoms with Gasteiger partial charge >= 0.3 is 12.1 Å². The number of carbonyl (C=O) groups excluding carboxylic acids is 2. The minimum Gasteiger partial charge on any atom is -0.456 e. The number of rotatable bonds is 6. The van der Waals surface area contributed by atoms with Crippen LogP contribution in [0.2, 0.25) is 5.02 Å². The molecule has 0 saturated heterocycles. The highest BCUT2D eigenvalue weighted by Crippen LogP contribution is 2.38. The van der Waals surface area contributed by atoms with Crippen LogP contribution in [0.25, 0.3) is 11.1 Å². The van der Waals surface area contributed by atoms with Crippen molar-refractivity contribution in [2.24, 2.45) is 0 Å². The zero-order valence-corrected chi connectivity index (χ0v) is 20.9. The number of benzene rings is 2. The Morgan fingerprint density at radius 1 is 1.00 bits per heavy atom. The molecule has 190 valence electrons. The van der Waals surface area contributed by atoms with Gasteiger partial charge in [0.25, 0.3) is 5.56 Å². The van der Waals surface area contributed by atoms with Crippen molar-refractivity contribution in [1.82, 2.24) is 4.57 Å². The third-order valence-electron chi connectivity index (χ3n) is 5.40. The summed E-state index contributed by atoms with van der Waals surface area (Å²) in [7, 11) is 0. The summed E-state index contributed by atoms with van der Waals surface area (Å²) >= 11 is 5.89. The number of esters is 1. The van der Waals surface area contributed by atoms with Gasteiger partial charge in [0.2, 0.25) is 0 Å². The van der Waals surface area contributed by atoms with Gasteiger partial charge in [0.1, 0.15) is 5.60 Å². The van der Waals surface area contributed by atoms with Gasteiger partial charge in [-0.05, 0) is 80.8 Å². The van der Waals surface area contributed by atoms with Crippen molar-refractivity contribution in [2.45, 2.75) is 51.9 Å². The summed E-state index contributed by atoms with van der Waals surface area (Å²) in [5.74, 6) is -0.762. The minimum absolute atomic E-state index is 0.00350. The standard InChI is InChI=1S/C27H25ClF3NO4/c1-16(23(33)13-17-5-7-18(8-6-17)25(35)36-26(2,3)4)32-12-11-19(14-24(32)34)21-15-20(28)9-10-22(21)27(29,30)31/h5-12,14-16H,13H2,1-4H3. The molecule has 3 aromatic rings. The van der Waals surface area contributed by atoms with E-state index in [-0.39, 0.29) is 28.4 Å². The molecule has 0 amide bonds. The molecule has 1 aromatic heterocycles. The number of hydrogen-bond donors (Lipinski definition) is 0. The quantitative estimate of drug-likeness (QED) is 0.348. The largest absolute Gasteiger partial charge is 0.456 e. The fourth-order valence-electron chi connectivity index (χ4n) is 3.58. The summed E-state index contributed by atoms with van der Waals surface area (Å²) < 4.78 is 46.8. The van der Waals surface area contributed by atoms with Crippen LogP contribution in [0.1, 0.15) is 55.2 Å². The number of hydrogen-bond acceptors (Lipinski definition) is 4. The molecule has 0 saturated carbocycles. The molecule has 0 bridgehead atoms. The van der Waals surface area contributed by atoms with E-state index < -0.39 is 34.9 Å². The zero-order chi connectivity index (χ0) is 26.8. The van der Waals surface area contributed by atoms with Crippen LogP contribution in [0.4, 0.5) is 13.2 Å². The van der Waals surface area contributed by atoms with Gasteiger partial charge in [0.05, 0.1) is 17.2 Å². The Labute approximate surface area is 211 Å². The fourth-order valence-corrected chi connectivity index (χ4v) is 3.75. The first kappa shape index (κ1) is 27.2. The van der Waals surface area contributed by atoms with Crippen LogP contribution in [0.5, 0.6) is 0 Å². The second-order valence-electron chi connectivity index (χ2n) is 9.37. The maximum atomic E-state index is 13.4. The van der Waals surface area contributed by atoms with Gasteiger partial charge in [0.15, 0.2) is 5.78 Å². The van der Waals surface area contributed by atoms with E-state index in [2.05, 4.69) is 0 Å². The van der Waals surface area contributed by atoms with E-state index in [0.29, 0.717) is 11.1 Å². The molecule has 0 spiro atoms. The summed E-state index contributed by atoms with van der Waals surface area (Å²) in [5, 5.41) is 0.100. The summed E-state index contributed by atoms with van der Waals surface area (Å²) in [4.78, 5) is 37.7. The van der Waals surface area contributed by atoms with Gasteiger partial charge in [-0.15, -0.1) is 0 Å². The maximum absolute atomic E-state index is 13.4. The molecule has 3 rings (SSSR count). The lowest BCUT2D eigenvalue weighted by molar-refractivity contribution is -0.137. The van der Waals surface area contributed by atoms with Crippen LogP contribution in [-0.2, 0) is 22.1 Å². The number of ketones is 1. The first-order valence-electron chi connectivity index (χ1n) is 11.1. The number of carbonyl (C=O) groups is 2. The molecular formula is C27H25ClF3NO4. The second-order valence-corrected chi connectivity index (χ2v) is 9.80. The van der Waals surface area contributed by atoms with E-state index in [1.165, 1.54) is 16.8 Å². The van der Waals surface area contributed by atoms with Crippen LogP contribution >= 0.6 is 11.6 Å². The molecule has 0 fully saturated rings. The van der Waals surface area contributed by atoms with Crippen molar-refractivity contribution in [3.8, 4) is 11.1 Å². The van der Waals surface area contributed by atoms with Crippen molar-refractivity contribution < 1.29 is 27.5 Å². The van der Waals surface area contributed by atoms with Crippen molar-refractivity contribution in [2.75, 3.05) is 0 Å². The third-order valence-corrected chi connectivity index (χ3v) is 5.63. The van der Waals surface area contributed by atoms with Gasteiger partial charge in [-0.25, -0.2) is 4.79 Å². The Hall–Kier alpha value is -3.39. The summed E-state index contributed by atoms with van der Waals surface area (Å²) in [5.41, 5.74) is -1.36. The van der Waals surface area contributed by atoms with E-state index in [0.717, 1.165) is 24.3 Å². The lowest BCUT2D eigenvalue weighted by Gasteiger charge is -2.19. The molecule has 0 aliphatic carbocycles. The Bertz CT molecular complexity index is 1340. The van der Waals surface area contributed by atoms with Crippen LogP contribution in [0, 0.1) is 0 Å². The summed E-state index contributed by atoms with van der Waals surface area (Å²) in [6.45, 7) is 6.83. The molecule has 0 N–H and O–H groups in total. The van der Waals surface area contributed by atoms with E-state index in [1.807, 2.05) is 0 Å². The normalized spacial score (nSPS) is 12.8. The first-order valence-corrected chi connectivity index (χ1v) is 11.5. The van der Waals surface area contributed by atoms with Crippen LogP contribution in [0.3, 0.4) is 0 Å². The van der Waals surface area contributed by atoms with Gasteiger partial charge in [-0.1, -0.05) is 23.7 Å². The molecule has 2 aromatic carbocycles. The minimum atomic E-state index is -4.63. The molecule has 0 aliphatic rings. The highest BCUT2D eigenvalue weighted by molar-refractivity contribution is 6.30. The van der Waals surface area contributed by atoms with Crippen LogP contribution in [-0.4, -0.2) is 21.9 Å². The number of alkyl halides is 3. The molecule has 0 aliphatic heterocycles. The highest BCUT2D eigenvalue weighted by atomic mass is 35.5. The predicted octanol–water partition coefficient (Wildman–Crippen LogP) is 6.52. The van der Waals surface area contributed by atoms with Crippen molar-refractivity contribution >= 4 is 23.4 Å². The number of aromatic nitrogens is 1. The van der Waals surface area contributed by atoms with E-state index in [1.54, 1.807) is 52.0 Å². The van der Waals surface area contributed by atoms with E-state index in [9.17, 15) is 27.6 Å². The van der Waals surface area contributed by atoms with Gasteiger partial charge in [-0.2, -0.15) is 13.2 Å². The fraction of sp³-hybridized carbons (Fsp3) is 0.296. The number of ether oxygens (including phenoxy) is 1. The molecule has 1 heterocycles. The Balaban J connectivity index is 1.78. The number of halogens is 4. The zero-order valence-electron chi connectivity index (χ0n) is 20.2. The van der Waals surface area contributed by atoms with Crippen LogP contribution < -0.4 is 5.56 Å². The summed E-state index contributed by atoms with van der Waals surface area (Å²) in [6, 6.07) is 11.1. The van der Waals surface area contributed by atoms with Crippen molar-refractivity contribution in [3.63, 3.8) is 0 Å². The smallest absolute Gasteiger partial charge is 0.417 e. The second kappa shape index (κ2) is 10.3. The molecule has 36 heavy (non-hydrogen) atoms. The van der Waals surface area contributed by atoms with Crippen molar-refractivity contribution in [1.29, 1.82) is 0 Å².